The van der Waals surface area contributed by atoms with Gasteiger partial charge in [0.2, 0.25) is 0 Å². The standard InChI is InChI=1S/C36H35Br2NO4/c1-2-42-32-21-25(20-27(38)36(32)43-22-24-12-6-7-13-26(24)37)33-34-28(14-8-16-30(34)40)39(19-18-23-10-4-3-5-11-23)29-15-9-17-31(41)35(29)33/h3-7,10-13,20-21,33H,2,8-9,14-19,22H2,1H3. The SMILES string of the molecule is CCOc1cc(C2C3=C(CCCC3=O)N(CCc3ccccc3)C3=C2C(=O)CCC3)cc(Br)c1OCc1ccccc1Br. The Bertz CT molecular complexity index is 1570. The first-order valence-electron chi connectivity index (χ1n) is 15.1. The van der Waals surface area contributed by atoms with Crippen molar-refractivity contribution >= 4 is 43.4 Å². The van der Waals surface area contributed by atoms with Gasteiger partial charge in [0, 0.05) is 57.9 Å². The quantitative estimate of drug-likeness (QED) is 0.223. The zero-order valence-corrected chi connectivity index (χ0v) is 27.5. The predicted molar refractivity (Wildman–Crippen MR) is 175 cm³/mol. The number of hydrogen-bond acceptors (Lipinski definition) is 5. The van der Waals surface area contributed by atoms with Gasteiger partial charge in [-0.1, -0.05) is 64.5 Å². The van der Waals surface area contributed by atoms with Crippen molar-refractivity contribution in [2.75, 3.05) is 13.2 Å². The fraction of sp³-hybridized carbons (Fsp3) is 0.333. The summed E-state index contributed by atoms with van der Waals surface area (Å²) in [5, 5.41) is 0. The lowest BCUT2D eigenvalue weighted by atomic mass is 9.71. The number of halogens is 2. The van der Waals surface area contributed by atoms with E-state index in [2.05, 4.69) is 61.0 Å². The Labute approximate surface area is 270 Å². The van der Waals surface area contributed by atoms with Crippen LogP contribution in [0.4, 0.5) is 0 Å². The molecule has 3 aliphatic rings. The van der Waals surface area contributed by atoms with Crippen LogP contribution in [0.15, 0.2) is 98.2 Å². The number of Topliss-reactive ketones (excluding diaryl/α,β-unsaturated/α-hetero) is 2. The summed E-state index contributed by atoms with van der Waals surface area (Å²) in [6, 6.07) is 22.4. The maximum atomic E-state index is 13.8. The van der Waals surface area contributed by atoms with Gasteiger partial charge in [0.05, 0.1) is 11.1 Å². The first kappa shape index (κ1) is 29.9. The summed E-state index contributed by atoms with van der Waals surface area (Å²) in [6.07, 6.45) is 5.20. The lowest BCUT2D eigenvalue weighted by Crippen LogP contribution is -2.40. The second kappa shape index (κ2) is 13.2. The summed E-state index contributed by atoms with van der Waals surface area (Å²) < 4.78 is 14.1. The lowest BCUT2D eigenvalue weighted by Gasteiger charge is -2.44. The largest absolute Gasteiger partial charge is 0.490 e. The van der Waals surface area contributed by atoms with Gasteiger partial charge in [0.1, 0.15) is 6.61 Å². The van der Waals surface area contributed by atoms with Crippen LogP contribution in [0.25, 0.3) is 0 Å². The highest BCUT2D eigenvalue weighted by molar-refractivity contribution is 9.10. The fourth-order valence-corrected chi connectivity index (χ4v) is 7.60. The molecule has 5 nitrogen and oxygen atoms in total. The van der Waals surface area contributed by atoms with E-state index in [1.54, 1.807) is 0 Å². The van der Waals surface area contributed by atoms with E-state index in [1.807, 2.05) is 49.4 Å². The molecular formula is C36H35Br2NO4. The summed E-state index contributed by atoms with van der Waals surface area (Å²) in [4.78, 5) is 29.9. The van der Waals surface area contributed by atoms with Crippen LogP contribution in [0, 0.1) is 0 Å². The Morgan fingerprint density at radius 1 is 0.791 bits per heavy atom. The molecule has 0 atom stereocenters. The summed E-state index contributed by atoms with van der Waals surface area (Å²) in [5.74, 6) is 1.08. The summed E-state index contributed by atoms with van der Waals surface area (Å²) in [5.41, 5.74) is 6.91. The van der Waals surface area contributed by atoms with Gasteiger partial charge in [-0.05, 0) is 84.3 Å². The number of carbonyl (C=O) groups excluding carboxylic acids is 2. The number of rotatable bonds is 9. The van der Waals surface area contributed by atoms with E-state index in [-0.39, 0.29) is 11.6 Å². The van der Waals surface area contributed by atoms with Crippen molar-refractivity contribution in [1.29, 1.82) is 0 Å². The van der Waals surface area contributed by atoms with Gasteiger partial charge >= 0.3 is 0 Å². The highest BCUT2D eigenvalue weighted by atomic mass is 79.9. The zero-order valence-electron chi connectivity index (χ0n) is 24.3. The van der Waals surface area contributed by atoms with E-state index in [0.717, 1.165) is 81.3 Å². The van der Waals surface area contributed by atoms with Gasteiger partial charge in [-0.15, -0.1) is 0 Å². The van der Waals surface area contributed by atoms with Crippen LogP contribution in [0.2, 0.25) is 0 Å². The van der Waals surface area contributed by atoms with Crippen LogP contribution in [-0.2, 0) is 22.6 Å². The Morgan fingerprint density at radius 2 is 1.44 bits per heavy atom. The molecule has 0 aromatic heterocycles. The van der Waals surface area contributed by atoms with Crippen molar-refractivity contribution in [2.24, 2.45) is 0 Å². The molecule has 2 aliphatic carbocycles. The Kier molecular flexibility index (Phi) is 9.20. The van der Waals surface area contributed by atoms with Crippen LogP contribution < -0.4 is 9.47 Å². The molecule has 0 saturated heterocycles. The molecule has 0 saturated carbocycles. The Balaban J connectivity index is 1.42. The molecule has 0 unspecified atom stereocenters. The molecule has 0 fully saturated rings. The van der Waals surface area contributed by atoms with Crippen LogP contribution >= 0.6 is 31.9 Å². The van der Waals surface area contributed by atoms with Gasteiger partial charge in [-0.2, -0.15) is 0 Å². The van der Waals surface area contributed by atoms with E-state index in [1.165, 1.54) is 5.56 Å². The van der Waals surface area contributed by atoms with Crippen LogP contribution in [0.3, 0.4) is 0 Å². The first-order valence-corrected chi connectivity index (χ1v) is 16.7. The zero-order chi connectivity index (χ0) is 29.9. The highest BCUT2D eigenvalue weighted by Gasteiger charge is 2.43. The Hall–Kier alpha value is -3.16. The smallest absolute Gasteiger partial charge is 0.175 e. The maximum Gasteiger partial charge on any atom is 0.175 e. The molecule has 0 amide bonds. The number of carbonyl (C=O) groups is 2. The van der Waals surface area contributed by atoms with E-state index >= 15 is 0 Å². The average Bonchev–Trinajstić information content (AvgIpc) is 3.01. The normalized spacial score (nSPS) is 17.2. The molecule has 0 bridgehead atoms. The molecule has 6 rings (SSSR count). The van der Waals surface area contributed by atoms with Crippen LogP contribution in [0.5, 0.6) is 11.5 Å². The number of ketones is 2. The van der Waals surface area contributed by atoms with Crippen LogP contribution in [0.1, 0.15) is 68.1 Å². The fourth-order valence-electron chi connectivity index (χ4n) is 6.63. The van der Waals surface area contributed by atoms with Gasteiger partial charge < -0.3 is 14.4 Å². The molecule has 43 heavy (non-hydrogen) atoms. The summed E-state index contributed by atoms with van der Waals surface area (Å²) >= 11 is 7.37. The molecule has 3 aromatic rings. The third kappa shape index (κ3) is 6.12. The maximum absolute atomic E-state index is 13.8. The number of nitrogens with zero attached hydrogens (tertiary/aromatic N) is 1. The molecule has 7 heteroatoms. The third-order valence-electron chi connectivity index (χ3n) is 8.55. The number of ether oxygens (including phenoxy) is 2. The predicted octanol–water partition coefficient (Wildman–Crippen LogP) is 8.85. The third-order valence-corrected chi connectivity index (χ3v) is 9.91. The highest BCUT2D eigenvalue weighted by Crippen LogP contribution is 2.51. The summed E-state index contributed by atoms with van der Waals surface area (Å²) in [7, 11) is 0. The number of hydrogen-bond donors (Lipinski definition) is 0. The van der Waals surface area contributed by atoms with Gasteiger partial charge in [0.15, 0.2) is 23.1 Å². The monoisotopic (exact) mass is 703 g/mol. The van der Waals surface area contributed by atoms with E-state index < -0.39 is 5.92 Å². The molecule has 3 aromatic carbocycles. The van der Waals surface area contributed by atoms with Crippen molar-refractivity contribution in [1.82, 2.24) is 4.90 Å². The van der Waals surface area contributed by atoms with Gasteiger partial charge in [-0.3, -0.25) is 9.59 Å². The average molecular weight is 705 g/mol. The van der Waals surface area contributed by atoms with Gasteiger partial charge in [-0.25, -0.2) is 0 Å². The minimum atomic E-state index is -0.411. The minimum Gasteiger partial charge on any atom is -0.490 e. The topological polar surface area (TPSA) is 55.8 Å². The van der Waals surface area contributed by atoms with E-state index in [0.29, 0.717) is 37.6 Å². The molecular weight excluding hydrogens is 670 g/mol. The lowest BCUT2D eigenvalue weighted by molar-refractivity contribution is -0.117. The first-order chi connectivity index (χ1) is 21.0. The molecule has 0 N–H and O–H groups in total. The molecule has 0 spiro atoms. The van der Waals surface area contributed by atoms with Crippen molar-refractivity contribution in [3.63, 3.8) is 0 Å². The second-order valence-corrected chi connectivity index (χ2v) is 12.9. The molecule has 1 heterocycles. The molecule has 1 aliphatic heterocycles. The van der Waals surface area contributed by atoms with Gasteiger partial charge in [0.25, 0.3) is 0 Å². The van der Waals surface area contributed by atoms with Crippen molar-refractivity contribution in [2.45, 2.75) is 64.4 Å². The van der Waals surface area contributed by atoms with Crippen molar-refractivity contribution < 1.29 is 19.1 Å². The van der Waals surface area contributed by atoms with Crippen LogP contribution in [-0.4, -0.2) is 29.6 Å². The van der Waals surface area contributed by atoms with Crippen molar-refractivity contribution in [3.8, 4) is 11.5 Å². The second-order valence-electron chi connectivity index (χ2n) is 11.2. The summed E-state index contributed by atoms with van der Waals surface area (Å²) in [6.45, 7) is 3.52. The number of allylic oxidation sites excluding steroid dienone is 4. The molecule has 222 valence electrons. The van der Waals surface area contributed by atoms with E-state index in [4.69, 9.17) is 9.47 Å². The van der Waals surface area contributed by atoms with E-state index in [9.17, 15) is 9.59 Å². The van der Waals surface area contributed by atoms with Crippen molar-refractivity contribution in [3.05, 3.63) is 115 Å². The number of benzene rings is 3. The Morgan fingerprint density at radius 3 is 2.09 bits per heavy atom. The minimum absolute atomic E-state index is 0.143. The molecule has 0 radical (unpaired) electrons.